The van der Waals surface area contributed by atoms with Crippen molar-refractivity contribution in [3.05, 3.63) is 54.1 Å². The molecule has 7 nitrogen and oxygen atoms in total. The first-order valence-electron chi connectivity index (χ1n) is 7.58. The van der Waals surface area contributed by atoms with E-state index in [1.165, 1.54) is 29.2 Å². The van der Waals surface area contributed by atoms with Gasteiger partial charge in [0.15, 0.2) is 0 Å². The van der Waals surface area contributed by atoms with Gasteiger partial charge in [-0.1, -0.05) is 12.1 Å². The molecule has 2 aromatic carbocycles. The van der Waals surface area contributed by atoms with E-state index in [1.807, 2.05) is 43.3 Å². The van der Waals surface area contributed by atoms with E-state index < -0.39 is 10.0 Å². The molecule has 0 aromatic heterocycles. The Labute approximate surface area is 148 Å². The number of nitrogens with two attached hydrogens (primary N) is 1. The number of hydrogen-bond acceptors (Lipinski definition) is 4. The van der Waals surface area contributed by atoms with Crippen molar-refractivity contribution in [1.82, 2.24) is 4.90 Å². The van der Waals surface area contributed by atoms with E-state index in [9.17, 15) is 13.2 Å². The van der Waals surface area contributed by atoms with Gasteiger partial charge in [-0.25, -0.2) is 18.4 Å². The number of carbonyl (C=O) groups is 1. The van der Waals surface area contributed by atoms with Gasteiger partial charge >= 0.3 is 6.03 Å². The molecule has 0 saturated carbocycles. The molecule has 2 amide bonds. The van der Waals surface area contributed by atoms with E-state index in [1.54, 1.807) is 7.05 Å². The summed E-state index contributed by atoms with van der Waals surface area (Å²) in [5.74, 6) is 0. The van der Waals surface area contributed by atoms with Crippen LogP contribution in [-0.4, -0.2) is 40.5 Å². The molecule has 0 aliphatic carbocycles. The number of carbonyl (C=O) groups excluding carboxylic acids is 1. The van der Waals surface area contributed by atoms with E-state index in [0.29, 0.717) is 12.2 Å². The fourth-order valence-electron chi connectivity index (χ4n) is 2.19. The number of nitrogens with zero attached hydrogens (tertiary/aromatic N) is 2. The normalized spacial score (nSPS) is 11.0. The van der Waals surface area contributed by atoms with Gasteiger partial charge in [0.1, 0.15) is 0 Å². The van der Waals surface area contributed by atoms with Crippen molar-refractivity contribution in [3.8, 4) is 0 Å². The van der Waals surface area contributed by atoms with Gasteiger partial charge in [-0.3, -0.25) is 0 Å². The molecule has 0 radical (unpaired) electrons. The smallest absolute Gasteiger partial charge is 0.321 e. The van der Waals surface area contributed by atoms with Crippen molar-refractivity contribution in [1.29, 1.82) is 0 Å². The first-order chi connectivity index (χ1) is 11.7. The molecule has 0 unspecified atom stereocenters. The minimum absolute atomic E-state index is 0.000152. The Morgan fingerprint density at radius 1 is 1.00 bits per heavy atom. The summed E-state index contributed by atoms with van der Waals surface area (Å²) < 4.78 is 22.4. The third kappa shape index (κ3) is 5.20. The average Bonchev–Trinajstić information content (AvgIpc) is 2.55. The summed E-state index contributed by atoms with van der Waals surface area (Å²) >= 11 is 0. The zero-order chi connectivity index (χ0) is 18.6. The van der Waals surface area contributed by atoms with Crippen molar-refractivity contribution in [2.24, 2.45) is 5.14 Å². The number of anilines is 2. The van der Waals surface area contributed by atoms with Crippen LogP contribution >= 0.6 is 0 Å². The number of nitrogens with one attached hydrogen (secondary N) is 1. The van der Waals surface area contributed by atoms with Gasteiger partial charge in [0.2, 0.25) is 10.0 Å². The Balaban J connectivity index is 1.98. The van der Waals surface area contributed by atoms with Crippen LogP contribution in [0.3, 0.4) is 0 Å². The van der Waals surface area contributed by atoms with E-state index in [-0.39, 0.29) is 10.9 Å². The van der Waals surface area contributed by atoms with Crippen LogP contribution < -0.4 is 15.4 Å². The molecule has 0 saturated heterocycles. The second kappa shape index (κ2) is 7.54. The molecule has 134 valence electrons. The lowest BCUT2D eigenvalue weighted by Crippen LogP contribution is -2.30. The average molecular weight is 362 g/mol. The molecule has 2 rings (SSSR count). The summed E-state index contributed by atoms with van der Waals surface area (Å²) in [4.78, 5) is 15.8. The molecule has 25 heavy (non-hydrogen) atoms. The largest absolute Gasteiger partial charge is 0.378 e. The minimum Gasteiger partial charge on any atom is -0.378 e. The molecule has 0 atom stereocenters. The van der Waals surface area contributed by atoms with Crippen LogP contribution in [0, 0.1) is 0 Å². The Hall–Kier alpha value is -2.58. The maximum atomic E-state index is 12.2. The quantitative estimate of drug-likeness (QED) is 0.851. The summed E-state index contributed by atoms with van der Waals surface area (Å²) in [6.07, 6.45) is 0. The Kier molecular flexibility index (Phi) is 5.66. The minimum atomic E-state index is -3.74. The van der Waals surface area contributed by atoms with Crippen molar-refractivity contribution in [2.75, 3.05) is 31.4 Å². The number of rotatable bonds is 5. The summed E-state index contributed by atoms with van der Waals surface area (Å²) in [6.45, 7) is 0.453. The fourth-order valence-corrected chi connectivity index (χ4v) is 2.71. The topological polar surface area (TPSA) is 95.7 Å². The maximum absolute atomic E-state index is 12.2. The Bertz CT molecular complexity index is 831. The number of urea groups is 1. The molecule has 0 fully saturated rings. The highest BCUT2D eigenvalue weighted by Gasteiger charge is 2.11. The molecule has 0 spiro atoms. The predicted molar refractivity (Wildman–Crippen MR) is 99.1 cm³/mol. The number of amides is 2. The van der Waals surface area contributed by atoms with Gasteiger partial charge in [-0.05, 0) is 42.0 Å². The first kappa shape index (κ1) is 18.8. The molecule has 3 N–H and O–H groups in total. The van der Waals surface area contributed by atoms with Crippen LogP contribution in [-0.2, 0) is 16.6 Å². The van der Waals surface area contributed by atoms with Crippen LogP contribution in [0.5, 0.6) is 0 Å². The molecule has 2 aromatic rings. The van der Waals surface area contributed by atoms with Gasteiger partial charge < -0.3 is 15.1 Å². The van der Waals surface area contributed by atoms with Crippen LogP contribution in [0.25, 0.3) is 0 Å². The predicted octanol–water partition coefficient (Wildman–Crippen LogP) is 2.06. The first-order valence-corrected chi connectivity index (χ1v) is 9.12. The molecule has 0 aliphatic rings. The molecule has 0 heterocycles. The molecule has 8 heteroatoms. The highest BCUT2D eigenvalue weighted by molar-refractivity contribution is 7.89. The zero-order valence-electron chi connectivity index (χ0n) is 14.4. The lowest BCUT2D eigenvalue weighted by Gasteiger charge is -2.19. The molecular weight excluding hydrogens is 340 g/mol. The fraction of sp³-hybridized carbons (Fsp3) is 0.235. The van der Waals surface area contributed by atoms with Crippen LogP contribution in [0.1, 0.15) is 5.56 Å². The second-order valence-electron chi connectivity index (χ2n) is 5.92. The number of benzene rings is 2. The van der Waals surface area contributed by atoms with Crippen molar-refractivity contribution < 1.29 is 13.2 Å². The molecular formula is C17H22N4O3S. The monoisotopic (exact) mass is 362 g/mol. The number of primary sulfonamides is 1. The SMILES string of the molecule is CN(Cc1ccc(N(C)C)cc1)C(=O)Nc1ccc(S(N)(=O)=O)cc1. The van der Waals surface area contributed by atoms with E-state index >= 15 is 0 Å². The van der Waals surface area contributed by atoms with Crippen molar-refractivity contribution in [2.45, 2.75) is 11.4 Å². The van der Waals surface area contributed by atoms with Crippen molar-refractivity contribution >= 4 is 27.4 Å². The number of hydrogen-bond donors (Lipinski definition) is 2. The summed E-state index contributed by atoms with van der Waals surface area (Å²) in [6, 6.07) is 13.3. The van der Waals surface area contributed by atoms with Gasteiger partial charge in [0.05, 0.1) is 4.90 Å². The Morgan fingerprint density at radius 2 is 1.56 bits per heavy atom. The molecule has 0 aliphatic heterocycles. The van der Waals surface area contributed by atoms with Crippen molar-refractivity contribution in [3.63, 3.8) is 0 Å². The van der Waals surface area contributed by atoms with Crippen LogP contribution in [0.15, 0.2) is 53.4 Å². The molecule has 0 bridgehead atoms. The van der Waals surface area contributed by atoms with Gasteiger partial charge in [0, 0.05) is 39.1 Å². The number of sulfonamides is 1. The lowest BCUT2D eigenvalue weighted by atomic mass is 10.2. The van der Waals surface area contributed by atoms with E-state index in [2.05, 4.69) is 5.32 Å². The summed E-state index contributed by atoms with van der Waals surface area (Å²) in [5, 5.41) is 7.76. The zero-order valence-corrected chi connectivity index (χ0v) is 15.2. The highest BCUT2D eigenvalue weighted by Crippen LogP contribution is 2.15. The third-order valence-corrected chi connectivity index (χ3v) is 4.58. The summed E-state index contributed by atoms with van der Waals surface area (Å²) in [5.41, 5.74) is 2.59. The van der Waals surface area contributed by atoms with Crippen LogP contribution in [0.2, 0.25) is 0 Å². The van der Waals surface area contributed by atoms with Gasteiger partial charge in [-0.2, -0.15) is 0 Å². The van der Waals surface area contributed by atoms with Crippen LogP contribution in [0.4, 0.5) is 16.2 Å². The lowest BCUT2D eigenvalue weighted by molar-refractivity contribution is 0.220. The second-order valence-corrected chi connectivity index (χ2v) is 7.48. The van der Waals surface area contributed by atoms with Gasteiger partial charge in [0.25, 0.3) is 0 Å². The standard InChI is InChI=1S/C17H22N4O3S/c1-20(2)15-8-4-13(5-9-15)12-21(3)17(22)19-14-6-10-16(11-7-14)25(18,23)24/h4-11H,12H2,1-3H3,(H,19,22)(H2,18,23,24). The third-order valence-electron chi connectivity index (χ3n) is 3.65. The summed E-state index contributed by atoms with van der Waals surface area (Å²) in [7, 11) is 1.88. The highest BCUT2D eigenvalue weighted by atomic mass is 32.2. The van der Waals surface area contributed by atoms with Gasteiger partial charge in [-0.15, -0.1) is 0 Å². The van der Waals surface area contributed by atoms with E-state index in [4.69, 9.17) is 5.14 Å². The Morgan fingerprint density at radius 3 is 2.04 bits per heavy atom. The maximum Gasteiger partial charge on any atom is 0.321 e. The van der Waals surface area contributed by atoms with E-state index in [0.717, 1.165) is 11.3 Å².